The average Bonchev–Trinajstić information content (AvgIpc) is 2.41. The number of nitriles is 1. The van der Waals surface area contributed by atoms with Crippen LogP contribution in [0, 0.1) is 25.2 Å². The van der Waals surface area contributed by atoms with Gasteiger partial charge in [-0.2, -0.15) is 5.26 Å². The first-order chi connectivity index (χ1) is 9.47. The Kier molecular flexibility index (Phi) is 5.73. The molecular formula is C15H18N2O3. The van der Waals surface area contributed by atoms with Gasteiger partial charge >= 0.3 is 5.97 Å². The minimum absolute atomic E-state index is 0.174. The number of esters is 1. The normalized spacial score (nSPS) is 11.3. The molecule has 20 heavy (non-hydrogen) atoms. The van der Waals surface area contributed by atoms with E-state index in [1.807, 2.05) is 26.0 Å². The van der Waals surface area contributed by atoms with Gasteiger partial charge in [-0.05, 0) is 32.4 Å². The molecule has 0 saturated heterocycles. The summed E-state index contributed by atoms with van der Waals surface area (Å²) in [6.07, 6.45) is 0.409. The molecule has 0 aromatic heterocycles. The average molecular weight is 274 g/mol. The van der Waals surface area contributed by atoms with Gasteiger partial charge in [-0.15, -0.1) is 0 Å². The summed E-state index contributed by atoms with van der Waals surface area (Å²) >= 11 is 0. The number of nitrogens with zero attached hydrogens (tertiary/aromatic N) is 1. The molecule has 0 spiro atoms. The number of amides is 1. The zero-order valence-electron chi connectivity index (χ0n) is 11.9. The Morgan fingerprint density at radius 3 is 2.40 bits per heavy atom. The fourth-order valence-electron chi connectivity index (χ4n) is 1.95. The SMILES string of the molecule is COC(=O)[C@@H](CCC#N)NC(=O)c1cc(C)cc(C)c1. The summed E-state index contributed by atoms with van der Waals surface area (Å²) in [5.41, 5.74) is 2.44. The van der Waals surface area contributed by atoms with Crippen molar-refractivity contribution in [2.45, 2.75) is 32.7 Å². The number of ether oxygens (including phenoxy) is 1. The van der Waals surface area contributed by atoms with Crippen molar-refractivity contribution in [1.29, 1.82) is 5.26 Å². The van der Waals surface area contributed by atoms with Crippen LogP contribution < -0.4 is 5.32 Å². The Hall–Kier alpha value is -2.35. The molecule has 0 heterocycles. The lowest BCUT2D eigenvalue weighted by Gasteiger charge is -2.15. The zero-order chi connectivity index (χ0) is 15.1. The number of aryl methyl sites for hydroxylation is 2. The Morgan fingerprint density at radius 2 is 1.90 bits per heavy atom. The van der Waals surface area contributed by atoms with Gasteiger partial charge in [0.05, 0.1) is 13.2 Å². The van der Waals surface area contributed by atoms with Crippen LogP contribution in [0.4, 0.5) is 0 Å². The number of carbonyl (C=O) groups is 2. The smallest absolute Gasteiger partial charge is 0.328 e. The van der Waals surface area contributed by atoms with Gasteiger partial charge in [0.25, 0.3) is 5.91 Å². The quantitative estimate of drug-likeness (QED) is 0.831. The molecule has 1 aromatic rings. The summed E-state index contributed by atoms with van der Waals surface area (Å²) in [5.74, 6) is -0.886. The van der Waals surface area contributed by atoms with E-state index in [1.165, 1.54) is 7.11 Å². The Bertz CT molecular complexity index is 526. The number of nitrogens with one attached hydrogen (secondary N) is 1. The van der Waals surface area contributed by atoms with Gasteiger partial charge in [0.1, 0.15) is 6.04 Å². The van der Waals surface area contributed by atoms with E-state index in [0.29, 0.717) is 5.56 Å². The highest BCUT2D eigenvalue weighted by Gasteiger charge is 2.21. The van der Waals surface area contributed by atoms with Crippen molar-refractivity contribution in [3.63, 3.8) is 0 Å². The van der Waals surface area contributed by atoms with E-state index < -0.39 is 12.0 Å². The molecule has 0 aliphatic carbocycles. The predicted molar refractivity (Wildman–Crippen MR) is 74.0 cm³/mol. The molecule has 0 unspecified atom stereocenters. The monoisotopic (exact) mass is 274 g/mol. The van der Waals surface area contributed by atoms with Crippen molar-refractivity contribution in [2.75, 3.05) is 7.11 Å². The van der Waals surface area contributed by atoms with E-state index in [9.17, 15) is 9.59 Å². The molecule has 1 N–H and O–H groups in total. The largest absolute Gasteiger partial charge is 0.467 e. The molecule has 5 nitrogen and oxygen atoms in total. The predicted octanol–water partition coefficient (Wildman–Crippen LogP) is 1.88. The molecule has 0 saturated carbocycles. The number of carbonyl (C=O) groups excluding carboxylic acids is 2. The van der Waals surface area contributed by atoms with Gasteiger partial charge in [-0.25, -0.2) is 4.79 Å². The molecule has 106 valence electrons. The van der Waals surface area contributed by atoms with Gasteiger partial charge in [0.15, 0.2) is 0 Å². The molecule has 0 fully saturated rings. The second-order valence-corrected chi connectivity index (χ2v) is 4.62. The first-order valence-electron chi connectivity index (χ1n) is 6.32. The van der Waals surface area contributed by atoms with Crippen LogP contribution in [0.1, 0.15) is 34.3 Å². The van der Waals surface area contributed by atoms with Crippen LogP contribution in [0.5, 0.6) is 0 Å². The van der Waals surface area contributed by atoms with E-state index in [0.717, 1.165) is 11.1 Å². The van der Waals surface area contributed by atoms with Gasteiger partial charge in [0.2, 0.25) is 0 Å². The molecule has 0 aliphatic heterocycles. The third kappa shape index (κ3) is 4.39. The highest BCUT2D eigenvalue weighted by Crippen LogP contribution is 2.10. The van der Waals surface area contributed by atoms with E-state index in [-0.39, 0.29) is 18.7 Å². The number of rotatable bonds is 5. The van der Waals surface area contributed by atoms with Crippen molar-refractivity contribution < 1.29 is 14.3 Å². The molecule has 0 radical (unpaired) electrons. The lowest BCUT2D eigenvalue weighted by Crippen LogP contribution is -2.41. The lowest BCUT2D eigenvalue weighted by molar-refractivity contribution is -0.143. The van der Waals surface area contributed by atoms with Crippen LogP contribution in [0.2, 0.25) is 0 Å². The summed E-state index contributed by atoms with van der Waals surface area (Å²) in [6, 6.07) is 6.62. The summed E-state index contributed by atoms with van der Waals surface area (Å²) < 4.78 is 4.63. The third-order valence-electron chi connectivity index (χ3n) is 2.82. The van der Waals surface area contributed by atoms with Crippen LogP contribution in [0.3, 0.4) is 0 Å². The lowest BCUT2D eigenvalue weighted by atomic mass is 10.1. The molecule has 1 atom stereocenters. The summed E-state index contributed by atoms with van der Waals surface area (Å²) in [6.45, 7) is 3.80. The van der Waals surface area contributed by atoms with Crippen LogP contribution in [-0.2, 0) is 9.53 Å². The second-order valence-electron chi connectivity index (χ2n) is 4.62. The van der Waals surface area contributed by atoms with Crippen molar-refractivity contribution in [2.24, 2.45) is 0 Å². The molecule has 0 aliphatic rings. The minimum Gasteiger partial charge on any atom is -0.467 e. The number of benzene rings is 1. The molecule has 1 amide bonds. The highest BCUT2D eigenvalue weighted by molar-refractivity contribution is 5.97. The zero-order valence-corrected chi connectivity index (χ0v) is 11.9. The van der Waals surface area contributed by atoms with Gasteiger partial charge < -0.3 is 10.1 Å². The minimum atomic E-state index is -0.798. The second kappa shape index (κ2) is 7.29. The Labute approximate surface area is 118 Å². The maximum atomic E-state index is 12.1. The fraction of sp³-hybridized carbons (Fsp3) is 0.400. The third-order valence-corrected chi connectivity index (χ3v) is 2.82. The number of hydrogen-bond acceptors (Lipinski definition) is 4. The van der Waals surface area contributed by atoms with Crippen LogP contribution in [0.15, 0.2) is 18.2 Å². The van der Waals surface area contributed by atoms with Crippen molar-refractivity contribution in [3.05, 3.63) is 34.9 Å². The van der Waals surface area contributed by atoms with Crippen LogP contribution in [-0.4, -0.2) is 25.0 Å². The van der Waals surface area contributed by atoms with E-state index in [1.54, 1.807) is 12.1 Å². The summed E-state index contributed by atoms with van der Waals surface area (Å²) in [4.78, 5) is 23.7. The number of methoxy groups -OCH3 is 1. The Morgan fingerprint density at radius 1 is 1.30 bits per heavy atom. The van der Waals surface area contributed by atoms with Crippen LogP contribution in [0.25, 0.3) is 0 Å². The maximum Gasteiger partial charge on any atom is 0.328 e. The first-order valence-corrected chi connectivity index (χ1v) is 6.32. The van der Waals surface area contributed by atoms with E-state index in [4.69, 9.17) is 5.26 Å². The summed E-state index contributed by atoms with van der Waals surface area (Å²) in [7, 11) is 1.25. The van der Waals surface area contributed by atoms with Crippen molar-refractivity contribution in [1.82, 2.24) is 5.32 Å². The van der Waals surface area contributed by atoms with Gasteiger partial charge in [-0.1, -0.05) is 17.2 Å². The van der Waals surface area contributed by atoms with Gasteiger partial charge in [-0.3, -0.25) is 4.79 Å². The molecule has 1 rings (SSSR count). The fourth-order valence-corrected chi connectivity index (χ4v) is 1.95. The van der Waals surface area contributed by atoms with E-state index >= 15 is 0 Å². The van der Waals surface area contributed by atoms with Gasteiger partial charge in [0, 0.05) is 12.0 Å². The van der Waals surface area contributed by atoms with Crippen molar-refractivity contribution >= 4 is 11.9 Å². The molecule has 1 aromatic carbocycles. The summed E-state index contributed by atoms with van der Waals surface area (Å²) in [5, 5.41) is 11.2. The first kappa shape index (κ1) is 15.7. The molecule has 5 heteroatoms. The molecular weight excluding hydrogens is 256 g/mol. The van der Waals surface area contributed by atoms with Crippen LogP contribution >= 0.6 is 0 Å². The standard InChI is InChI=1S/C15H18N2O3/c1-10-7-11(2)9-12(8-10)14(18)17-13(5-4-6-16)15(19)20-3/h7-9,13H,4-5H2,1-3H3,(H,17,18)/t13-/m1/s1. The highest BCUT2D eigenvalue weighted by atomic mass is 16.5. The maximum absolute atomic E-state index is 12.1. The molecule has 0 bridgehead atoms. The topological polar surface area (TPSA) is 79.2 Å². The number of hydrogen-bond donors (Lipinski definition) is 1. The Balaban J connectivity index is 2.84. The van der Waals surface area contributed by atoms with Crippen molar-refractivity contribution in [3.8, 4) is 6.07 Å². The van der Waals surface area contributed by atoms with E-state index in [2.05, 4.69) is 10.1 Å².